The van der Waals surface area contributed by atoms with E-state index in [4.69, 9.17) is 19.5 Å². The molecule has 2 aromatic rings. The second-order valence-electron chi connectivity index (χ2n) is 7.86. The summed E-state index contributed by atoms with van der Waals surface area (Å²) in [6.07, 6.45) is 2.14. The predicted octanol–water partition coefficient (Wildman–Crippen LogP) is 5.57. The van der Waals surface area contributed by atoms with Crippen LogP contribution >= 0.6 is 11.8 Å². The van der Waals surface area contributed by atoms with Gasteiger partial charge >= 0.3 is 0 Å². The Kier molecular flexibility index (Phi) is 8.33. The van der Waals surface area contributed by atoms with Gasteiger partial charge in [0.25, 0.3) is 0 Å². The van der Waals surface area contributed by atoms with E-state index in [1.807, 2.05) is 69.3 Å². The number of hydrogen-bond acceptors (Lipinski definition) is 6. The first-order chi connectivity index (χ1) is 15.4. The average Bonchev–Trinajstić information content (AvgIpc) is 3.09. The zero-order valence-electron chi connectivity index (χ0n) is 19.2. The van der Waals surface area contributed by atoms with E-state index in [2.05, 4.69) is 12.2 Å². The Morgan fingerprint density at radius 2 is 1.78 bits per heavy atom. The molecule has 0 fully saturated rings. The summed E-state index contributed by atoms with van der Waals surface area (Å²) in [6.45, 7) is 9.23. The van der Waals surface area contributed by atoms with Crippen LogP contribution in [0.1, 0.15) is 46.1 Å². The van der Waals surface area contributed by atoms with Gasteiger partial charge in [-0.1, -0.05) is 37.2 Å². The lowest BCUT2D eigenvalue weighted by Crippen LogP contribution is -2.18. The van der Waals surface area contributed by atoms with Crippen molar-refractivity contribution in [3.05, 3.63) is 54.1 Å². The van der Waals surface area contributed by atoms with Crippen molar-refractivity contribution < 1.29 is 14.3 Å². The molecule has 0 saturated carbocycles. The maximum atomic E-state index is 12.6. The van der Waals surface area contributed by atoms with E-state index in [1.54, 1.807) is 0 Å². The van der Waals surface area contributed by atoms with Crippen LogP contribution < -0.4 is 14.8 Å². The molecule has 1 aliphatic heterocycles. The molecule has 7 heteroatoms. The zero-order chi connectivity index (χ0) is 23.0. The van der Waals surface area contributed by atoms with Crippen molar-refractivity contribution in [3.63, 3.8) is 0 Å². The Morgan fingerprint density at radius 1 is 1.03 bits per heavy atom. The molecule has 0 atom stereocenters. The monoisotopic (exact) mass is 453 g/mol. The van der Waals surface area contributed by atoms with E-state index in [1.165, 1.54) is 11.8 Å². The van der Waals surface area contributed by atoms with E-state index in [0.29, 0.717) is 24.7 Å². The van der Waals surface area contributed by atoms with Gasteiger partial charge in [-0.25, -0.2) is 4.99 Å². The number of benzene rings is 2. The minimum atomic E-state index is -0.550. The maximum absolute atomic E-state index is 12.6. The maximum Gasteiger partial charge on any atom is 0.234 e. The van der Waals surface area contributed by atoms with Crippen LogP contribution in [0.25, 0.3) is 0 Å². The van der Waals surface area contributed by atoms with Crippen molar-refractivity contribution in [2.24, 2.45) is 9.98 Å². The van der Waals surface area contributed by atoms with Gasteiger partial charge in [0, 0.05) is 5.56 Å². The van der Waals surface area contributed by atoms with E-state index in [-0.39, 0.29) is 11.7 Å². The van der Waals surface area contributed by atoms with Crippen molar-refractivity contribution in [1.29, 1.82) is 0 Å². The van der Waals surface area contributed by atoms with Gasteiger partial charge in [-0.2, -0.15) is 0 Å². The number of ether oxygens (including phenoxy) is 2. The lowest BCUT2D eigenvalue weighted by molar-refractivity contribution is -0.113. The van der Waals surface area contributed by atoms with Crippen LogP contribution in [-0.4, -0.2) is 41.3 Å². The summed E-state index contributed by atoms with van der Waals surface area (Å²) in [5.41, 5.74) is 1.89. The largest absolute Gasteiger partial charge is 0.494 e. The summed E-state index contributed by atoms with van der Waals surface area (Å²) in [4.78, 5) is 22.1. The number of unbranched alkanes of at least 4 members (excludes halogenated alkanes) is 1. The van der Waals surface area contributed by atoms with Crippen molar-refractivity contribution in [1.82, 2.24) is 0 Å². The molecule has 3 rings (SSSR count). The Hall–Kier alpha value is -2.80. The van der Waals surface area contributed by atoms with Crippen LogP contribution in [0.2, 0.25) is 0 Å². The second kappa shape index (κ2) is 11.2. The van der Waals surface area contributed by atoms with Gasteiger partial charge in [0.1, 0.15) is 22.2 Å². The van der Waals surface area contributed by atoms with E-state index in [9.17, 15) is 4.79 Å². The van der Waals surface area contributed by atoms with E-state index < -0.39 is 5.66 Å². The number of anilines is 1. The summed E-state index contributed by atoms with van der Waals surface area (Å²) in [5, 5.41) is 3.70. The molecular weight excluding hydrogens is 422 g/mol. The minimum Gasteiger partial charge on any atom is -0.494 e. The average molecular weight is 454 g/mol. The summed E-state index contributed by atoms with van der Waals surface area (Å²) in [7, 11) is 0. The highest BCUT2D eigenvalue weighted by Crippen LogP contribution is 2.28. The lowest BCUT2D eigenvalue weighted by atomic mass is 10.1. The van der Waals surface area contributed by atoms with Gasteiger partial charge in [0.05, 0.1) is 30.4 Å². The molecule has 6 nitrogen and oxygen atoms in total. The van der Waals surface area contributed by atoms with Crippen LogP contribution in [0.3, 0.4) is 0 Å². The number of carbonyl (C=O) groups is 1. The summed E-state index contributed by atoms with van der Waals surface area (Å²) in [5.74, 6) is 1.62. The van der Waals surface area contributed by atoms with Gasteiger partial charge < -0.3 is 14.8 Å². The normalized spacial score (nSPS) is 14.5. The quantitative estimate of drug-likeness (QED) is 0.477. The molecule has 0 bridgehead atoms. The molecule has 170 valence electrons. The molecule has 32 heavy (non-hydrogen) atoms. The predicted molar refractivity (Wildman–Crippen MR) is 134 cm³/mol. The smallest absolute Gasteiger partial charge is 0.234 e. The first kappa shape index (κ1) is 23.9. The van der Waals surface area contributed by atoms with Crippen LogP contribution in [-0.2, 0) is 4.79 Å². The highest BCUT2D eigenvalue weighted by Gasteiger charge is 2.28. The number of hydrogen-bond donors (Lipinski definition) is 1. The van der Waals surface area contributed by atoms with Gasteiger partial charge in [-0.3, -0.25) is 9.79 Å². The number of nitrogens with zero attached hydrogens (tertiary/aromatic N) is 2. The third-order valence-electron chi connectivity index (χ3n) is 4.66. The molecule has 1 N–H and O–H groups in total. The lowest BCUT2D eigenvalue weighted by Gasteiger charge is -2.11. The van der Waals surface area contributed by atoms with E-state index >= 15 is 0 Å². The molecule has 2 aromatic carbocycles. The number of aliphatic imine (C=N–C) groups is 2. The fourth-order valence-corrected chi connectivity index (χ4v) is 4.08. The molecule has 0 aromatic heterocycles. The molecule has 1 aliphatic rings. The summed E-state index contributed by atoms with van der Waals surface area (Å²) in [6, 6.07) is 15.3. The standard InChI is InChI=1S/C25H31N3O3S/c1-5-7-16-31-19-14-12-18(13-15-19)23-24(28-25(3,4)27-23)32-17-22(29)26-20-10-8-9-11-21(20)30-6-2/h8-15H,5-7,16-17H2,1-4H3,(H,26,29). The molecule has 1 amide bonds. The van der Waals surface area contributed by atoms with Crippen molar-refractivity contribution >= 4 is 34.1 Å². The van der Waals surface area contributed by atoms with E-state index in [0.717, 1.165) is 34.9 Å². The second-order valence-corrected chi connectivity index (χ2v) is 8.83. The fourth-order valence-electron chi connectivity index (χ4n) is 3.15. The molecule has 0 unspecified atom stereocenters. The van der Waals surface area contributed by atoms with Crippen molar-refractivity contribution in [2.45, 2.75) is 46.2 Å². The van der Waals surface area contributed by atoms with Gasteiger partial charge in [-0.05, 0) is 63.6 Å². The number of amides is 1. The number of para-hydroxylation sites is 2. The fraction of sp³-hybridized carbons (Fsp3) is 0.400. The molecule has 0 spiro atoms. The van der Waals surface area contributed by atoms with Crippen LogP contribution in [0, 0.1) is 0 Å². The number of carbonyl (C=O) groups excluding carboxylic acids is 1. The van der Waals surface area contributed by atoms with Crippen LogP contribution in [0.5, 0.6) is 11.5 Å². The third-order valence-corrected chi connectivity index (χ3v) is 5.62. The number of rotatable bonds is 10. The van der Waals surface area contributed by atoms with Crippen molar-refractivity contribution in [2.75, 3.05) is 24.3 Å². The van der Waals surface area contributed by atoms with Gasteiger partial charge in [0.15, 0.2) is 0 Å². The van der Waals surface area contributed by atoms with Gasteiger partial charge in [0.2, 0.25) is 5.91 Å². The molecular formula is C25H31N3O3S. The molecule has 1 heterocycles. The minimum absolute atomic E-state index is 0.117. The van der Waals surface area contributed by atoms with Crippen LogP contribution in [0.15, 0.2) is 58.5 Å². The Labute approximate surface area is 194 Å². The summed E-state index contributed by atoms with van der Waals surface area (Å²) >= 11 is 1.39. The third kappa shape index (κ3) is 6.60. The SMILES string of the molecule is CCCCOc1ccc(C2=NC(C)(C)N=C2SCC(=O)Nc2ccccc2OCC)cc1. The highest BCUT2D eigenvalue weighted by molar-refractivity contribution is 8.16. The number of thioether (sulfide) groups is 1. The highest BCUT2D eigenvalue weighted by atomic mass is 32.2. The van der Waals surface area contributed by atoms with Crippen molar-refractivity contribution in [3.8, 4) is 11.5 Å². The van der Waals surface area contributed by atoms with Gasteiger partial charge in [-0.15, -0.1) is 0 Å². The molecule has 0 radical (unpaired) electrons. The Bertz CT molecular complexity index is 984. The Morgan fingerprint density at radius 3 is 2.50 bits per heavy atom. The van der Waals surface area contributed by atoms with Crippen LogP contribution in [0.4, 0.5) is 5.69 Å². The summed E-state index contributed by atoms with van der Waals surface area (Å²) < 4.78 is 11.3. The number of nitrogens with one attached hydrogen (secondary N) is 1. The topological polar surface area (TPSA) is 72.3 Å². The molecule has 0 aliphatic carbocycles. The molecule has 0 saturated heterocycles. The first-order valence-corrected chi connectivity index (χ1v) is 12.0. The first-order valence-electron chi connectivity index (χ1n) is 11.0. The zero-order valence-corrected chi connectivity index (χ0v) is 20.0. The Balaban J connectivity index is 1.64.